The molecule has 12 nitrogen and oxygen atoms in total. The monoisotopic (exact) mass is 630 g/mol. The van der Waals surface area contributed by atoms with Crippen LogP contribution in [0.2, 0.25) is 0 Å². The highest BCUT2D eigenvalue weighted by Gasteiger charge is 2.47. The lowest BCUT2D eigenvalue weighted by Gasteiger charge is -2.27. The standard InChI is InChI=1S/C35H34N8O4/c1-41-30-25(12-21(14-28(30)47-2)34(45)43-16-20-7-10-26(43)29(20)36)38-32(41)27-13-19-6-9-23(37-31(19)42(27)15-17-3-4-17)18-5-8-22-24(11-18)39-35(46)40-33(22)44/h5-6,8-9,11-14,17,20,26,29H,3-4,7,10,15-16,36H2,1-2H3,(H2,39,40,44,46)/t20-,26-,29-/m1/s1. The Morgan fingerprint density at radius 3 is 2.62 bits per heavy atom. The number of amides is 1. The van der Waals surface area contributed by atoms with Gasteiger partial charge in [0.1, 0.15) is 16.9 Å². The van der Waals surface area contributed by atoms with E-state index in [-0.39, 0.29) is 18.0 Å². The number of H-pyrrole nitrogens is 2. The van der Waals surface area contributed by atoms with E-state index >= 15 is 0 Å². The summed E-state index contributed by atoms with van der Waals surface area (Å²) in [6.07, 6.45) is 4.35. The molecular weight excluding hydrogens is 596 g/mol. The average Bonchev–Trinajstić information content (AvgIpc) is 3.47. The van der Waals surface area contributed by atoms with Gasteiger partial charge in [-0.2, -0.15) is 0 Å². The number of nitrogens with zero attached hydrogens (tertiary/aromatic N) is 5. The normalized spacial score (nSPS) is 20.7. The van der Waals surface area contributed by atoms with Crippen LogP contribution in [0.4, 0.5) is 0 Å². The Morgan fingerprint density at radius 1 is 1.02 bits per heavy atom. The Kier molecular flexibility index (Phi) is 6.04. The van der Waals surface area contributed by atoms with Gasteiger partial charge in [0.25, 0.3) is 11.5 Å². The van der Waals surface area contributed by atoms with E-state index in [1.54, 1.807) is 19.2 Å². The van der Waals surface area contributed by atoms with Crippen molar-refractivity contribution < 1.29 is 9.53 Å². The van der Waals surface area contributed by atoms with E-state index in [1.807, 2.05) is 46.8 Å². The van der Waals surface area contributed by atoms with Crippen molar-refractivity contribution in [3.63, 3.8) is 0 Å². The molecule has 4 aromatic heterocycles. The molecule has 6 aromatic rings. The number of aromatic nitrogens is 6. The molecule has 2 bridgehead atoms. The van der Waals surface area contributed by atoms with Crippen LogP contribution in [0, 0.1) is 11.8 Å². The number of imidazole rings is 1. The second kappa shape index (κ2) is 10.1. The zero-order valence-electron chi connectivity index (χ0n) is 26.1. The van der Waals surface area contributed by atoms with Crippen LogP contribution < -0.4 is 21.7 Å². The predicted octanol–water partition coefficient (Wildman–Crippen LogP) is 3.77. The van der Waals surface area contributed by atoms with Crippen LogP contribution in [0.3, 0.4) is 0 Å². The molecule has 1 saturated heterocycles. The fourth-order valence-corrected chi connectivity index (χ4v) is 7.81. The summed E-state index contributed by atoms with van der Waals surface area (Å²) >= 11 is 0. The lowest BCUT2D eigenvalue weighted by molar-refractivity contribution is 0.0700. The van der Waals surface area contributed by atoms with Crippen LogP contribution in [0.15, 0.2) is 58.1 Å². The van der Waals surface area contributed by atoms with Crippen LogP contribution in [0.25, 0.3) is 55.7 Å². The number of ether oxygens (including phenoxy) is 1. The SMILES string of the molecule is COc1cc(C(=O)N2C[C@H]3CC[C@@H]2[C@@H]3N)cc2nc(-c3cc4ccc(-c5ccc6c(=O)[nH]c(=O)[nH]c6c5)nc4n3CC3CC3)n(C)c12. The maximum Gasteiger partial charge on any atom is 0.326 e. The molecule has 1 aliphatic heterocycles. The number of aryl methyl sites for hydroxylation is 1. The Hall–Kier alpha value is -5.23. The van der Waals surface area contributed by atoms with E-state index in [0.717, 1.165) is 71.6 Å². The first-order valence-electron chi connectivity index (χ1n) is 16.2. The number of aromatic amines is 2. The second-order valence-electron chi connectivity index (χ2n) is 13.3. The molecule has 0 unspecified atom stereocenters. The topological polar surface area (TPSA) is 157 Å². The molecule has 0 radical (unpaired) electrons. The number of likely N-dealkylation sites (tertiary alicyclic amines) is 1. The van der Waals surface area contributed by atoms with Crippen LogP contribution in [-0.2, 0) is 13.6 Å². The Bertz CT molecular complexity index is 2400. The minimum atomic E-state index is -0.547. The summed E-state index contributed by atoms with van der Waals surface area (Å²) in [6, 6.07) is 15.3. The summed E-state index contributed by atoms with van der Waals surface area (Å²) in [5, 5.41) is 1.39. The molecule has 5 heterocycles. The summed E-state index contributed by atoms with van der Waals surface area (Å²) < 4.78 is 10.1. The summed E-state index contributed by atoms with van der Waals surface area (Å²) in [5.74, 6) is 2.25. The molecule has 0 spiro atoms. The third-order valence-electron chi connectivity index (χ3n) is 10.5. The Morgan fingerprint density at radius 2 is 1.87 bits per heavy atom. The molecule has 9 rings (SSSR count). The van der Waals surface area contributed by atoms with Crippen molar-refractivity contribution in [2.45, 2.75) is 44.3 Å². The average molecular weight is 631 g/mol. The fraction of sp³-hybridized carbons (Fsp3) is 0.343. The quantitative estimate of drug-likeness (QED) is 0.253. The first-order chi connectivity index (χ1) is 22.8. The molecule has 1 amide bonds. The van der Waals surface area contributed by atoms with E-state index in [2.05, 4.69) is 20.6 Å². The Balaban J connectivity index is 1.16. The van der Waals surface area contributed by atoms with Crippen molar-refractivity contribution >= 4 is 38.9 Å². The summed E-state index contributed by atoms with van der Waals surface area (Å²) in [5.41, 5.74) is 11.2. The van der Waals surface area contributed by atoms with E-state index in [1.165, 1.54) is 0 Å². The minimum Gasteiger partial charge on any atom is -0.494 e. The molecule has 47 heavy (non-hydrogen) atoms. The number of nitrogens with two attached hydrogens (primary N) is 1. The summed E-state index contributed by atoms with van der Waals surface area (Å²) in [7, 11) is 3.60. The number of piperidine rings is 1. The number of pyridine rings is 1. The number of rotatable bonds is 6. The van der Waals surface area contributed by atoms with Crippen LogP contribution >= 0.6 is 0 Å². The van der Waals surface area contributed by atoms with E-state index in [0.29, 0.717) is 46.1 Å². The first-order valence-corrected chi connectivity index (χ1v) is 16.2. The smallest absolute Gasteiger partial charge is 0.326 e. The number of methoxy groups -OCH3 is 1. The van der Waals surface area contributed by atoms with Crippen molar-refractivity contribution in [2.75, 3.05) is 13.7 Å². The molecule has 238 valence electrons. The molecule has 4 N–H and O–H groups in total. The Labute approximate surface area is 268 Å². The van der Waals surface area contributed by atoms with Crippen LogP contribution in [-0.4, -0.2) is 65.6 Å². The van der Waals surface area contributed by atoms with Gasteiger partial charge in [-0.3, -0.25) is 14.6 Å². The van der Waals surface area contributed by atoms with Crippen molar-refractivity contribution in [2.24, 2.45) is 24.6 Å². The number of hydrogen-bond acceptors (Lipinski definition) is 7. The molecular formula is C35H34N8O4. The molecule has 3 atom stereocenters. The third-order valence-corrected chi connectivity index (χ3v) is 10.5. The van der Waals surface area contributed by atoms with Gasteiger partial charge in [0.2, 0.25) is 0 Å². The van der Waals surface area contributed by atoms with Gasteiger partial charge in [-0.05, 0) is 80.0 Å². The lowest BCUT2D eigenvalue weighted by Crippen LogP contribution is -2.41. The lowest BCUT2D eigenvalue weighted by atomic mass is 10.1. The predicted molar refractivity (Wildman–Crippen MR) is 178 cm³/mol. The molecule has 12 heteroatoms. The van der Waals surface area contributed by atoms with Crippen molar-refractivity contribution in [1.82, 2.24) is 34.0 Å². The van der Waals surface area contributed by atoms with Gasteiger partial charge < -0.3 is 29.5 Å². The first kappa shape index (κ1) is 28.0. The zero-order chi connectivity index (χ0) is 32.1. The minimum absolute atomic E-state index is 0.0259. The second-order valence-corrected chi connectivity index (χ2v) is 13.3. The number of benzene rings is 2. The van der Waals surface area contributed by atoms with Gasteiger partial charge in [-0.25, -0.2) is 14.8 Å². The van der Waals surface area contributed by atoms with Crippen molar-refractivity contribution in [1.29, 1.82) is 0 Å². The van der Waals surface area contributed by atoms with Gasteiger partial charge in [0.15, 0.2) is 5.82 Å². The highest BCUT2D eigenvalue weighted by atomic mass is 16.5. The van der Waals surface area contributed by atoms with Gasteiger partial charge in [-0.1, -0.05) is 6.07 Å². The largest absolute Gasteiger partial charge is 0.494 e. The van der Waals surface area contributed by atoms with Gasteiger partial charge in [0.05, 0.1) is 34.9 Å². The number of fused-ring (bicyclic) bond motifs is 5. The van der Waals surface area contributed by atoms with Gasteiger partial charge in [-0.15, -0.1) is 0 Å². The highest BCUT2D eigenvalue weighted by molar-refractivity contribution is 6.00. The van der Waals surface area contributed by atoms with E-state index in [9.17, 15) is 14.4 Å². The fourth-order valence-electron chi connectivity index (χ4n) is 7.81. The molecule has 2 aliphatic carbocycles. The third kappa shape index (κ3) is 4.34. The van der Waals surface area contributed by atoms with E-state index < -0.39 is 11.2 Å². The van der Waals surface area contributed by atoms with Gasteiger partial charge >= 0.3 is 5.69 Å². The van der Waals surface area contributed by atoms with Crippen molar-refractivity contribution in [3.05, 3.63) is 74.9 Å². The number of carbonyl (C=O) groups is 1. The summed E-state index contributed by atoms with van der Waals surface area (Å²) in [6.45, 7) is 1.50. The highest BCUT2D eigenvalue weighted by Crippen LogP contribution is 2.40. The maximum atomic E-state index is 13.7. The van der Waals surface area contributed by atoms with Crippen LogP contribution in [0.5, 0.6) is 5.75 Å². The summed E-state index contributed by atoms with van der Waals surface area (Å²) in [4.78, 5) is 55.1. The number of nitrogens with one attached hydrogen (secondary N) is 2. The van der Waals surface area contributed by atoms with Gasteiger partial charge in [0, 0.05) is 48.7 Å². The molecule has 2 saturated carbocycles. The van der Waals surface area contributed by atoms with Crippen LogP contribution in [0.1, 0.15) is 36.0 Å². The zero-order valence-corrected chi connectivity index (χ0v) is 26.1. The number of hydrogen-bond donors (Lipinski definition) is 3. The number of carbonyl (C=O) groups excluding carboxylic acids is 1. The molecule has 3 fully saturated rings. The van der Waals surface area contributed by atoms with Crippen molar-refractivity contribution in [3.8, 4) is 28.5 Å². The molecule has 2 aromatic carbocycles. The van der Waals surface area contributed by atoms with E-state index in [4.69, 9.17) is 20.4 Å². The molecule has 3 aliphatic rings. The maximum absolute atomic E-state index is 13.7.